The van der Waals surface area contributed by atoms with Crippen molar-refractivity contribution in [3.8, 4) is 0 Å². The van der Waals surface area contributed by atoms with Gasteiger partial charge in [-0.15, -0.1) is 22.9 Å². The van der Waals surface area contributed by atoms with Gasteiger partial charge < -0.3 is 4.90 Å². The lowest BCUT2D eigenvalue weighted by atomic mass is 10.3. The van der Waals surface area contributed by atoms with Gasteiger partial charge >= 0.3 is 0 Å². The largest absolute Gasteiger partial charge is 0.341 e. The van der Waals surface area contributed by atoms with Crippen molar-refractivity contribution in [2.75, 3.05) is 13.6 Å². The fraction of sp³-hybridized carbons (Fsp3) is 0.583. The van der Waals surface area contributed by atoms with Crippen LogP contribution in [0.4, 0.5) is 0 Å². The Morgan fingerprint density at radius 1 is 1.56 bits per heavy atom. The molecule has 0 aliphatic rings. The molecule has 1 rings (SSSR count). The molecule has 1 heterocycles. The molecule has 0 aliphatic heterocycles. The van der Waals surface area contributed by atoms with Crippen LogP contribution in [-0.4, -0.2) is 29.8 Å². The van der Waals surface area contributed by atoms with E-state index in [1.165, 1.54) is 4.88 Å². The highest BCUT2D eigenvalue weighted by atomic mass is 35.5. The molecule has 1 amide bonds. The van der Waals surface area contributed by atoms with E-state index in [0.29, 0.717) is 6.54 Å². The highest BCUT2D eigenvalue weighted by Crippen LogP contribution is 2.18. The number of rotatable bonds is 5. The number of carbonyl (C=O) groups excluding carboxylic acids is 1. The Labute approximate surface area is 106 Å². The fourth-order valence-corrected chi connectivity index (χ4v) is 2.38. The van der Waals surface area contributed by atoms with Crippen molar-refractivity contribution in [3.63, 3.8) is 0 Å². The summed E-state index contributed by atoms with van der Waals surface area (Å²) in [5.41, 5.74) is 0. The standard InChI is InChI=1S/C12H18ClNOS/c1-4-10-5-6-11(16-10)12(15)14(3)8-7-9(2)13/h5-6,9H,4,7-8H2,1-3H3. The molecule has 1 aromatic rings. The van der Waals surface area contributed by atoms with E-state index in [-0.39, 0.29) is 11.3 Å². The van der Waals surface area contributed by atoms with Gasteiger partial charge in [0.2, 0.25) is 0 Å². The maximum Gasteiger partial charge on any atom is 0.263 e. The third-order valence-corrected chi connectivity index (χ3v) is 3.87. The second-order valence-electron chi connectivity index (χ2n) is 3.92. The summed E-state index contributed by atoms with van der Waals surface area (Å²) in [6.07, 6.45) is 1.82. The van der Waals surface area contributed by atoms with Gasteiger partial charge in [0.15, 0.2) is 0 Å². The lowest BCUT2D eigenvalue weighted by molar-refractivity contribution is 0.0798. The summed E-state index contributed by atoms with van der Waals surface area (Å²) in [5, 5.41) is 0.116. The van der Waals surface area contributed by atoms with E-state index < -0.39 is 0 Å². The van der Waals surface area contributed by atoms with E-state index in [1.807, 2.05) is 26.1 Å². The van der Waals surface area contributed by atoms with E-state index in [9.17, 15) is 4.79 Å². The first-order chi connectivity index (χ1) is 7.54. The molecule has 0 saturated heterocycles. The molecule has 0 radical (unpaired) electrons. The molecule has 1 unspecified atom stereocenters. The second kappa shape index (κ2) is 6.26. The van der Waals surface area contributed by atoms with Gasteiger partial charge in [-0.25, -0.2) is 0 Å². The quantitative estimate of drug-likeness (QED) is 0.743. The average Bonchev–Trinajstić information content (AvgIpc) is 2.73. The zero-order valence-electron chi connectivity index (χ0n) is 10.00. The molecule has 0 spiro atoms. The smallest absolute Gasteiger partial charge is 0.263 e. The monoisotopic (exact) mass is 259 g/mol. The number of hydrogen-bond donors (Lipinski definition) is 0. The molecule has 16 heavy (non-hydrogen) atoms. The number of thiophene rings is 1. The van der Waals surface area contributed by atoms with Gasteiger partial charge in [-0.05, 0) is 31.9 Å². The molecule has 0 saturated carbocycles. The van der Waals surface area contributed by atoms with Crippen molar-refractivity contribution in [2.45, 2.75) is 32.1 Å². The Balaban J connectivity index is 2.56. The molecule has 1 atom stereocenters. The number of halogens is 1. The minimum Gasteiger partial charge on any atom is -0.341 e. The van der Waals surface area contributed by atoms with Gasteiger partial charge in [0, 0.05) is 23.8 Å². The van der Waals surface area contributed by atoms with Crippen molar-refractivity contribution in [2.24, 2.45) is 0 Å². The average molecular weight is 260 g/mol. The Morgan fingerprint density at radius 2 is 2.25 bits per heavy atom. The van der Waals surface area contributed by atoms with E-state index in [1.54, 1.807) is 16.2 Å². The van der Waals surface area contributed by atoms with Crippen molar-refractivity contribution in [1.82, 2.24) is 4.90 Å². The van der Waals surface area contributed by atoms with Crippen LogP contribution in [0.2, 0.25) is 0 Å². The summed E-state index contributed by atoms with van der Waals surface area (Å²) in [4.78, 5) is 15.8. The minimum absolute atomic E-state index is 0.0991. The van der Waals surface area contributed by atoms with Crippen LogP contribution < -0.4 is 0 Å². The maximum absolute atomic E-state index is 12.0. The Bertz CT molecular complexity index is 349. The van der Waals surface area contributed by atoms with Crippen LogP contribution in [0, 0.1) is 0 Å². The summed E-state index contributed by atoms with van der Waals surface area (Å²) in [6.45, 7) is 4.75. The zero-order chi connectivity index (χ0) is 12.1. The summed E-state index contributed by atoms with van der Waals surface area (Å²) >= 11 is 7.44. The number of aryl methyl sites for hydroxylation is 1. The minimum atomic E-state index is 0.0991. The first-order valence-corrected chi connectivity index (χ1v) is 6.78. The molecular weight excluding hydrogens is 242 g/mol. The summed E-state index contributed by atoms with van der Waals surface area (Å²) < 4.78 is 0. The van der Waals surface area contributed by atoms with Crippen LogP contribution in [-0.2, 0) is 6.42 Å². The molecule has 0 bridgehead atoms. The predicted octanol–water partition coefficient (Wildman–Crippen LogP) is 3.40. The third kappa shape index (κ3) is 3.80. The Hall–Kier alpha value is -0.540. The van der Waals surface area contributed by atoms with Gasteiger partial charge in [0.05, 0.1) is 4.88 Å². The SMILES string of the molecule is CCc1ccc(C(=O)N(C)CCC(C)Cl)s1. The molecular formula is C12H18ClNOS. The Kier molecular flexibility index (Phi) is 5.29. The Morgan fingerprint density at radius 3 is 2.75 bits per heavy atom. The summed E-state index contributed by atoms with van der Waals surface area (Å²) in [5.74, 6) is 0.0991. The van der Waals surface area contributed by atoms with Crippen molar-refractivity contribution >= 4 is 28.8 Å². The van der Waals surface area contributed by atoms with E-state index in [0.717, 1.165) is 17.7 Å². The van der Waals surface area contributed by atoms with Gasteiger partial charge in [-0.3, -0.25) is 4.79 Å². The highest BCUT2D eigenvalue weighted by Gasteiger charge is 2.14. The van der Waals surface area contributed by atoms with E-state index >= 15 is 0 Å². The number of alkyl halides is 1. The zero-order valence-corrected chi connectivity index (χ0v) is 11.6. The van der Waals surface area contributed by atoms with Crippen LogP contribution in [0.15, 0.2) is 12.1 Å². The summed E-state index contributed by atoms with van der Waals surface area (Å²) in [6, 6.07) is 3.93. The van der Waals surface area contributed by atoms with E-state index in [2.05, 4.69) is 6.92 Å². The first kappa shape index (κ1) is 13.5. The number of hydrogen-bond acceptors (Lipinski definition) is 2. The van der Waals surface area contributed by atoms with Crippen LogP contribution >= 0.6 is 22.9 Å². The predicted molar refractivity (Wildman–Crippen MR) is 70.6 cm³/mol. The topological polar surface area (TPSA) is 20.3 Å². The molecule has 4 heteroatoms. The van der Waals surface area contributed by atoms with Crippen LogP contribution in [0.1, 0.15) is 34.8 Å². The number of amides is 1. The van der Waals surface area contributed by atoms with Gasteiger partial charge in [-0.2, -0.15) is 0 Å². The van der Waals surface area contributed by atoms with Crippen molar-refractivity contribution in [3.05, 3.63) is 21.9 Å². The summed E-state index contributed by atoms with van der Waals surface area (Å²) in [7, 11) is 1.83. The number of carbonyl (C=O) groups is 1. The lowest BCUT2D eigenvalue weighted by Gasteiger charge is -2.16. The van der Waals surface area contributed by atoms with Gasteiger partial charge in [0.1, 0.15) is 0 Å². The van der Waals surface area contributed by atoms with Crippen LogP contribution in [0.3, 0.4) is 0 Å². The molecule has 2 nitrogen and oxygen atoms in total. The number of nitrogens with zero attached hydrogens (tertiary/aromatic N) is 1. The van der Waals surface area contributed by atoms with E-state index in [4.69, 9.17) is 11.6 Å². The fourth-order valence-electron chi connectivity index (χ4n) is 1.34. The first-order valence-electron chi connectivity index (χ1n) is 5.52. The van der Waals surface area contributed by atoms with Gasteiger partial charge in [0.25, 0.3) is 5.91 Å². The molecule has 0 N–H and O–H groups in total. The van der Waals surface area contributed by atoms with Crippen LogP contribution in [0.25, 0.3) is 0 Å². The molecule has 90 valence electrons. The van der Waals surface area contributed by atoms with Crippen molar-refractivity contribution < 1.29 is 4.79 Å². The van der Waals surface area contributed by atoms with Gasteiger partial charge in [-0.1, -0.05) is 6.92 Å². The highest BCUT2D eigenvalue weighted by molar-refractivity contribution is 7.14. The normalized spacial score (nSPS) is 12.5. The molecule has 1 aromatic heterocycles. The second-order valence-corrected chi connectivity index (χ2v) is 5.83. The maximum atomic E-state index is 12.0. The molecule has 0 aromatic carbocycles. The van der Waals surface area contributed by atoms with Crippen molar-refractivity contribution in [1.29, 1.82) is 0 Å². The van der Waals surface area contributed by atoms with Crippen LogP contribution in [0.5, 0.6) is 0 Å². The molecule has 0 fully saturated rings. The lowest BCUT2D eigenvalue weighted by Crippen LogP contribution is -2.28. The third-order valence-electron chi connectivity index (χ3n) is 2.43. The molecule has 0 aliphatic carbocycles.